The molecule has 2 rings (SSSR count). The molecule has 0 N–H and O–H groups in total. The molecule has 0 radical (unpaired) electrons. The van der Waals surface area contributed by atoms with Crippen LogP contribution in [0, 0.1) is 0 Å². The van der Waals surface area contributed by atoms with Crippen LogP contribution in [0.4, 0.5) is 24.0 Å². The Kier molecular flexibility index (Phi) is 5.28. The van der Waals surface area contributed by atoms with E-state index in [1.807, 2.05) is 0 Å². The van der Waals surface area contributed by atoms with Crippen molar-refractivity contribution in [3.05, 3.63) is 53.2 Å². The third-order valence-corrected chi connectivity index (χ3v) is 4.22. The molecule has 1 aromatic carbocycles. The first-order chi connectivity index (χ1) is 11.2. The summed E-state index contributed by atoms with van der Waals surface area (Å²) in [5.41, 5.74) is -0.149. The predicted molar refractivity (Wildman–Crippen MR) is 88.8 cm³/mol. The Morgan fingerprint density at radius 2 is 1.79 bits per heavy atom. The third-order valence-electron chi connectivity index (χ3n) is 3.13. The van der Waals surface area contributed by atoms with Crippen molar-refractivity contribution in [1.82, 2.24) is 9.88 Å². The van der Waals surface area contributed by atoms with Gasteiger partial charge in [-0.3, -0.25) is 4.79 Å². The number of allylic oxidation sites excluding steroid dienone is 1. The lowest BCUT2D eigenvalue weighted by Crippen LogP contribution is -2.10. The lowest BCUT2D eigenvalue weighted by Gasteiger charge is -2.16. The second-order valence-electron chi connectivity index (χ2n) is 5.25. The number of halogens is 3. The Bertz CT molecular complexity index is 736. The molecule has 0 fully saturated rings. The molecule has 0 aliphatic carbocycles. The van der Waals surface area contributed by atoms with E-state index in [1.54, 1.807) is 37.1 Å². The molecule has 0 amide bonds. The predicted octanol–water partition coefficient (Wildman–Crippen LogP) is 4.19. The van der Waals surface area contributed by atoms with E-state index in [4.69, 9.17) is 0 Å². The van der Waals surface area contributed by atoms with Gasteiger partial charge >= 0.3 is 6.18 Å². The summed E-state index contributed by atoms with van der Waals surface area (Å²) >= 11 is 1.18. The van der Waals surface area contributed by atoms with E-state index in [9.17, 15) is 18.0 Å². The molecule has 0 saturated carbocycles. The van der Waals surface area contributed by atoms with E-state index >= 15 is 0 Å². The van der Waals surface area contributed by atoms with Gasteiger partial charge in [-0.2, -0.15) is 13.2 Å². The molecule has 0 atom stereocenters. The fraction of sp³-hybridized carbons (Fsp3) is 0.250. The van der Waals surface area contributed by atoms with Crippen molar-refractivity contribution in [2.24, 2.45) is 0 Å². The molecule has 0 aliphatic heterocycles. The second kappa shape index (κ2) is 7.04. The third kappa shape index (κ3) is 4.35. The van der Waals surface area contributed by atoms with E-state index in [0.29, 0.717) is 15.7 Å². The first-order valence-corrected chi connectivity index (χ1v) is 7.76. The number of ketones is 1. The zero-order valence-corrected chi connectivity index (χ0v) is 14.1. The van der Waals surface area contributed by atoms with Gasteiger partial charge in [0, 0.05) is 39.1 Å². The van der Waals surface area contributed by atoms with E-state index < -0.39 is 11.7 Å². The number of aromatic nitrogens is 1. The number of alkyl halides is 3. The van der Waals surface area contributed by atoms with Crippen molar-refractivity contribution in [2.75, 3.05) is 26.0 Å². The first-order valence-electron chi connectivity index (χ1n) is 6.94. The summed E-state index contributed by atoms with van der Waals surface area (Å²) in [5.74, 6) is -0.173. The van der Waals surface area contributed by atoms with E-state index in [1.165, 1.54) is 35.7 Å². The van der Waals surface area contributed by atoms with Gasteiger partial charge < -0.3 is 9.80 Å². The molecule has 0 bridgehead atoms. The summed E-state index contributed by atoms with van der Waals surface area (Å²) < 4.78 is 37.8. The quantitative estimate of drug-likeness (QED) is 0.595. The second-order valence-corrected chi connectivity index (χ2v) is 6.26. The number of nitrogens with zero attached hydrogens (tertiary/aromatic N) is 3. The van der Waals surface area contributed by atoms with Crippen LogP contribution in [0.5, 0.6) is 0 Å². The highest BCUT2D eigenvalue weighted by molar-refractivity contribution is 7.17. The molecule has 2 aromatic rings. The number of carbonyl (C=O) groups excluding carboxylic acids is 1. The van der Waals surface area contributed by atoms with Crippen LogP contribution in [0.1, 0.15) is 15.2 Å². The van der Waals surface area contributed by atoms with E-state index in [0.717, 1.165) is 12.1 Å². The summed E-state index contributed by atoms with van der Waals surface area (Å²) in [4.78, 5) is 20.0. The molecule has 0 aliphatic rings. The van der Waals surface area contributed by atoms with Gasteiger partial charge in [-0.05, 0) is 24.3 Å². The molecule has 24 heavy (non-hydrogen) atoms. The molecule has 4 nitrogen and oxygen atoms in total. The minimum atomic E-state index is -4.36. The van der Waals surface area contributed by atoms with Gasteiger partial charge in [0.15, 0.2) is 10.9 Å². The lowest BCUT2D eigenvalue weighted by molar-refractivity contribution is -0.137. The van der Waals surface area contributed by atoms with Gasteiger partial charge in [0.2, 0.25) is 0 Å². The minimum absolute atomic E-state index is 0.173. The smallest absolute Gasteiger partial charge is 0.383 e. The number of carbonyl (C=O) groups is 1. The van der Waals surface area contributed by atoms with Crippen LogP contribution in [0.3, 0.4) is 0 Å². The van der Waals surface area contributed by atoms with Gasteiger partial charge in [0.05, 0.1) is 16.6 Å². The SMILES string of the molecule is CN(C)/C=C/C(=O)c1cnc(N(C)c2ccc(C(F)(F)F)cc2)s1. The highest BCUT2D eigenvalue weighted by Gasteiger charge is 2.30. The highest BCUT2D eigenvalue weighted by Crippen LogP contribution is 2.33. The van der Waals surface area contributed by atoms with Crippen LogP contribution in [-0.2, 0) is 6.18 Å². The maximum absolute atomic E-state index is 12.6. The number of hydrogen-bond donors (Lipinski definition) is 0. The van der Waals surface area contributed by atoms with Crippen molar-refractivity contribution in [3.8, 4) is 0 Å². The van der Waals surface area contributed by atoms with Crippen molar-refractivity contribution in [2.45, 2.75) is 6.18 Å². The average molecular weight is 355 g/mol. The summed E-state index contributed by atoms with van der Waals surface area (Å²) in [6.45, 7) is 0. The Hall–Kier alpha value is -2.35. The van der Waals surface area contributed by atoms with Gasteiger partial charge in [-0.1, -0.05) is 11.3 Å². The van der Waals surface area contributed by atoms with Crippen LogP contribution in [0.15, 0.2) is 42.7 Å². The largest absolute Gasteiger partial charge is 0.416 e. The topological polar surface area (TPSA) is 36.4 Å². The van der Waals surface area contributed by atoms with Crippen LogP contribution < -0.4 is 4.90 Å². The van der Waals surface area contributed by atoms with Crippen molar-refractivity contribution in [3.63, 3.8) is 0 Å². The van der Waals surface area contributed by atoms with Crippen molar-refractivity contribution in [1.29, 1.82) is 0 Å². The molecule has 8 heteroatoms. The number of anilines is 2. The van der Waals surface area contributed by atoms with Crippen molar-refractivity contribution >= 4 is 27.9 Å². The van der Waals surface area contributed by atoms with Crippen LogP contribution in [0.2, 0.25) is 0 Å². The summed E-state index contributed by atoms with van der Waals surface area (Å²) in [6, 6.07) is 4.78. The fourth-order valence-electron chi connectivity index (χ4n) is 1.82. The van der Waals surface area contributed by atoms with Crippen LogP contribution in [0.25, 0.3) is 0 Å². The molecular weight excluding hydrogens is 339 g/mol. The maximum atomic E-state index is 12.6. The average Bonchev–Trinajstić information content (AvgIpc) is 3.01. The lowest BCUT2D eigenvalue weighted by atomic mass is 10.2. The van der Waals surface area contributed by atoms with Gasteiger partial charge in [0.1, 0.15) is 0 Å². The summed E-state index contributed by atoms with van der Waals surface area (Å²) in [6.07, 6.45) is 0.177. The molecule has 1 aromatic heterocycles. The summed E-state index contributed by atoms with van der Waals surface area (Å²) in [7, 11) is 5.30. The Morgan fingerprint density at radius 1 is 1.17 bits per heavy atom. The molecule has 1 heterocycles. The molecule has 0 saturated heterocycles. The highest BCUT2D eigenvalue weighted by atomic mass is 32.1. The number of rotatable bonds is 5. The zero-order chi connectivity index (χ0) is 17.9. The van der Waals surface area contributed by atoms with Gasteiger partial charge in [-0.15, -0.1) is 0 Å². The van der Waals surface area contributed by atoms with E-state index in [-0.39, 0.29) is 5.78 Å². The normalized spacial score (nSPS) is 11.8. The molecular formula is C16H16F3N3OS. The summed E-state index contributed by atoms with van der Waals surface area (Å²) in [5, 5.41) is 0.524. The Balaban J connectivity index is 2.16. The zero-order valence-electron chi connectivity index (χ0n) is 13.3. The number of thiazole rings is 1. The fourth-order valence-corrected chi connectivity index (χ4v) is 2.64. The monoisotopic (exact) mass is 355 g/mol. The Labute approximate surface area is 141 Å². The molecule has 0 unspecified atom stereocenters. The van der Waals surface area contributed by atoms with Gasteiger partial charge in [-0.25, -0.2) is 4.98 Å². The Morgan fingerprint density at radius 3 is 2.33 bits per heavy atom. The van der Waals surface area contributed by atoms with Crippen LogP contribution in [-0.4, -0.2) is 36.8 Å². The standard InChI is InChI=1S/C16H16F3N3OS/c1-21(2)9-8-13(23)14-10-20-15(24-14)22(3)12-6-4-11(5-7-12)16(17,18)19/h4-10H,1-3H3/b9-8+. The maximum Gasteiger partial charge on any atom is 0.416 e. The molecule has 0 spiro atoms. The van der Waals surface area contributed by atoms with Crippen LogP contribution >= 0.6 is 11.3 Å². The minimum Gasteiger partial charge on any atom is -0.383 e. The van der Waals surface area contributed by atoms with Crippen molar-refractivity contribution < 1.29 is 18.0 Å². The van der Waals surface area contributed by atoms with E-state index in [2.05, 4.69) is 4.98 Å². The number of hydrogen-bond acceptors (Lipinski definition) is 5. The molecule has 128 valence electrons. The number of benzene rings is 1. The van der Waals surface area contributed by atoms with Gasteiger partial charge in [0.25, 0.3) is 0 Å². The first kappa shape index (κ1) is 18.0.